The highest BCUT2D eigenvalue weighted by molar-refractivity contribution is 5.94. The van der Waals surface area contributed by atoms with E-state index in [-0.39, 0.29) is 0 Å². The Morgan fingerprint density at radius 2 is 1.40 bits per heavy atom. The van der Waals surface area contributed by atoms with Gasteiger partial charge in [0, 0.05) is 28.2 Å². The predicted molar refractivity (Wildman–Crippen MR) is 46.6 cm³/mol. The highest BCUT2D eigenvalue weighted by atomic mass is 19.4. The van der Waals surface area contributed by atoms with Crippen molar-refractivity contribution in [2.45, 2.75) is 6.18 Å². The van der Waals surface area contributed by atoms with Gasteiger partial charge in [0.25, 0.3) is 5.91 Å². The van der Waals surface area contributed by atoms with Gasteiger partial charge in [-0.2, -0.15) is 17.6 Å². The van der Waals surface area contributed by atoms with Crippen LogP contribution in [0.25, 0.3) is 0 Å². The van der Waals surface area contributed by atoms with Gasteiger partial charge >= 0.3 is 6.18 Å². The van der Waals surface area contributed by atoms with Crippen LogP contribution in [-0.4, -0.2) is 50.1 Å². The fourth-order valence-electron chi connectivity index (χ4n) is 0.774. The molecule has 88 valence electrons. The summed E-state index contributed by atoms with van der Waals surface area (Å²) in [7, 11) is 4.42. The molecule has 0 atom stereocenters. The van der Waals surface area contributed by atoms with Crippen molar-refractivity contribution in [1.29, 1.82) is 0 Å². The van der Waals surface area contributed by atoms with Crippen molar-refractivity contribution >= 4 is 5.91 Å². The molecule has 0 aromatic rings. The fraction of sp³-hybridized carbons (Fsp3) is 0.625. The summed E-state index contributed by atoms with van der Waals surface area (Å²) in [5.41, 5.74) is -1.79. The summed E-state index contributed by atoms with van der Waals surface area (Å²) >= 11 is 0. The maximum absolute atomic E-state index is 13.1. The van der Waals surface area contributed by atoms with Crippen LogP contribution in [0.15, 0.2) is 11.5 Å². The second-order valence-electron chi connectivity index (χ2n) is 3.26. The van der Waals surface area contributed by atoms with Crippen LogP contribution in [0.5, 0.6) is 0 Å². The zero-order valence-electron chi connectivity index (χ0n) is 8.81. The molecule has 0 heterocycles. The van der Waals surface area contributed by atoms with Gasteiger partial charge in [-0.1, -0.05) is 0 Å². The quantitative estimate of drug-likeness (QED) is 0.405. The van der Waals surface area contributed by atoms with Crippen LogP contribution >= 0.6 is 0 Å². The highest BCUT2D eigenvalue weighted by Gasteiger charge is 2.43. The Kier molecular flexibility index (Phi) is 4.12. The van der Waals surface area contributed by atoms with Gasteiger partial charge in [0.15, 0.2) is 5.57 Å². The standard InChI is InChI=1S/C8H12F4N2O/c1-13(2)6(9)5(8(10,11)12)7(15)14(3)4/h1-4H3/b6-5-. The fourth-order valence-corrected chi connectivity index (χ4v) is 0.774. The molecule has 0 unspecified atom stereocenters. The first-order chi connectivity index (χ1) is 6.59. The summed E-state index contributed by atoms with van der Waals surface area (Å²) in [6, 6.07) is 0. The van der Waals surface area contributed by atoms with Gasteiger partial charge in [0.1, 0.15) is 0 Å². The average molecular weight is 228 g/mol. The SMILES string of the molecule is CN(C)C(=O)/C(=C(\F)N(C)C)C(F)(F)F. The molecule has 0 fully saturated rings. The lowest BCUT2D eigenvalue weighted by Gasteiger charge is -2.19. The number of rotatable bonds is 2. The third-order valence-corrected chi connectivity index (χ3v) is 1.50. The topological polar surface area (TPSA) is 23.6 Å². The highest BCUT2D eigenvalue weighted by Crippen LogP contribution is 2.30. The van der Waals surface area contributed by atoms with Crippen LogP contribution in [0.4, 0.5) is 17.6 Å². The van der Waals surface area contributed by atoms with E-state index in [2.05, 4.69) is 0 Å². The maximum atomic E-state index is 13.1. The van der Waals surface area contributed by atoms with Crippen LogP contribution in [0.1, 0.15) is 0 Å². The van der Waals surface area contributed by atoms with E-state index in [4.69, 9.17) is 0 Å². The van der Waals surface area contributed by atoms with Crippen molar-refractivity contribution < 1.29 is 22.4 Å². The minimum absolute atomic E-state index is 0.601. The Labute approximate surface area is 84.9 Å². The van der Waals surface area contributed by atoms with Gasteiger partial charge in [-0.05, 0) is 0 Å². The van der Waals surface area contributed by atoms with E-state index in [0.29, 0.717) is 9.80 Å². The molecule has 7 heteroatoms. The second kappa shape index (κ2) is 4.50. The van der Waals surface area contributed by atoms with Gasteiger partial charge in [-0.25, -0.2) is 0 Å². The van der Waals surface area contributed by atoms with Gasteiger partial charge in [-0.15, -0.1) is 0 Å². The number of nitrogens with zero attached hydrogens (tertiary/aromatic N) is 2. The molecule has 0 N–H and O–H groups in total. The van der Waals surface area contributed by atoms with Crippen LogP contribution in [0.2, 0.25) is 0 Å². The summed E-state index contributed by atoms with van der Waals surface area (Å²) in [6.07, 6.45) is -5.00. The van der Waals surface area contributed by atoms with Crippen molar-refractivity contribution in [3.05, 3.63) is 11.5 Å². The molecule has 0 bridgehead atoms. The Hall–Kier alpha value is -1.27. The molecule has 0 aliphatic carbocycles. The van der Waals surface area contributed by atoms with E-state index in [9.17, 15) is 22.4 Å². The Balaban J connectivity index is 5.46. The molecule has 0 rings (SSSR count). The van der Waals surface area contributed by atoms with E-state index in [1.807, 2.05) is 0 Å². The van der Waals surface area contributed by atoms with Crippen molar-refractivity contribution in [2.24, 2.45) is 0 Å². The normalized spacial score (nSPS) is 13.3. The number of alkyl halides is 3. The molecule has 0 aromatic heterocycles. The predicted octanol–water partition coefficient (Wildman–Crippen LogP) is 1.38. The van der Waals surface area contributed by atoms with E-state index in [1.165, 1.54) is 0 Å². The number of halogens is 4. The molecule has 1 amide bonds. The van der Waals surface area contributed by atoms with E-state index in [1.54, 1.807) is 0 Å². The minimum atomic E-state index is -5.00. The number of hydrogen-bond donors (Lipinski definition) is 0. The first-order valence-corrected chi connectivity index (χ1v) is 3.95. The lowest BCUT2D eigenvalue weighted by atomic mass is 10.2. The van der Waals surface area contributed by atoms with Gasteiger partial charge < -0.3 is 9.80 Å². The molecule has 0 saturated heterocycles. The smallest absolute Gasteiger partial charge is 0.354 e. The third-order valence-electron chi connectivity index (χ3n) is 1.50. The summed E-state index contributed by atoms with van der Waals surface area (Å²) in [5, 5.41) is 0. The number of amides is 1. The molecule has 0 spiro atoms. The molecule has 3 nitrogen and oxygen atoms in total. The summed E-state index contributed by atoms with van der Waals surface area (Å²) < 4.78 is 50.2. The first kappa shape index (κ1) is 13.7. The molecule has 0 aromatic carbocycles. The second-order valence-corrected chi connectivity index (χ2v) is 3.26. The first-order valence-electron chi connectivity index (χ1n) is 3.95. The van der Waals surface area contributed by atoms with Gasteiger partial charge in [0.2, 0.25) is 5.95 Å². The molecule has 0 aliphatic heterocycles. The zero-order valence-corrected chi connectivity index (χ0v) is 8.81. The van der Waals surface area contributed by atoms with Crippen molar-refractivity contribution in [2.75, 3.05) is 28.2 Å². The lowest BCUT2D eigenvalue weighted by molar-refractivity contribution is -0.138. The monoisotopic (exact) mass is 228 g/mol. The van der Waals surface area contributed by atoms with E-state index < -0.39 is 23.6 Å². The van der Waals surface area contributed by atoms with Crippen LogP contribution < -0.4 is 0 Å². The summed E-state index contributed by atoms with van der Waals surface area (Å²) in [5.74, 6) is -3.00. The Morgan fingerprint density at radius 1 is 1.00 bits per heavy atom. The Bertz CT molecular complexity index is 281. The van der Waals surface area contributed by atoms with Crippen LogP contribution in [0.3, 0.4) is 0 Å². The van der Waals surface area contributed by atoms with Crippen molar-refractivity contribution in [3.63, 3.8) is 0 Å². The number of likely N-dealkylation sites (N-methyl/N-ethyl adjacent to an activating group) is 1. The zero-order chi connectivity index (χ0) is 12.4. The van der Waals surface area contributed by atoms with E-state index >= 15 is 0 Å². The number of hydrogen-bond acceptors (Lipinski definition) is 2. The third kappa shape index (κ3) is 3.41. The number of carbonyl (C=O) groups excluding carboxylic acids is 1. The maximum Gasteiger partial charge on any atom is 0.426 e. The van der Waals surface area contributed by atoms with Crippen molar-refractivity contribution in [3.8, 4) is 0 Å². The summed E-state index contributed by atoms with van der Waals surface area (Å²) in [6.45, 7) is 0. The molecular formula is C8H12F4N2O. The average Bonchev–Trinajstić information content (AvgIpc) is 2.01. The van der Waals surface area contributed by atoms with Gasteiger partial charge in [0.05, 0.1) is 0 Å². The molecular weight excluding hydrogens is 216 g/mol. The molecule has 0 saturated carbocycles. The molecule has 0 radical (unpaired) electrons. The summed E-state index contributed by atoms with van der Waals surface area (Å²) in [4.78, 5) is 12.4. The molecule has 15 heavy (non-hydrogen) atoms. The minimum Gasteiger partial charge on any atom is -0.354 e. The van der Waals surface area contributed by atoms with Crippen LogP contribution in [-0.2, 0) is 4.79 Å². The van der Waals surface area contributed by atoms with Gasteiger partial charge in [-0.3, -0.25) is 4.79 Å². The van der Waals surface area contributed by atoms with Crippen LogP contribution in [0, 0.1) is 0 Å². The van der Waals surface area contributed by atoms with Crippen molar-refractivity contribution in [1.82, 2.24) is 9.80 Å². The van der Waals surface area contributed by atoms with E-state index in [0.717, 1.165) is 28.2 Å². The number of carbonyl (C=O) groups is 1. The largest absolute Gasteiger partial charge is 0.426 e. The molecule has 0 aliphatic rings. The lowest BCUT2D eigenvalue weighted by Crippen LogP contribution is -2.33. The Morgan fingerprint density at radius 3 is 1.60 bits per heavy atom.